The zero-order chi connectivity index (χ0) is 16.8. The number of nitrogens with zero attached hydrogens (tertiary/aromatic N) is 1. The first-order valence-corrected chi connectivity index (χ1v) is 7.53. The van der Waals surface area contributed by atoms with Crippen LogP contribution in [0, 0.1) is 0 Å². The smallest absolute Gasteiger partial charge is 0.407 e. The summed E-state index contributed by atoms with van der Waals surface area (Å²) in [4.78, 5) is 28.2. The van der Waals surface area contributed by atoms with Crippen molar-refractivity contribution < 1.29 is 24.3 Å². The molecule has 0 radical (unpaired) electrons. The van der Waals surface area contributed by atoms with E-state index in [4.69, 9.17) is 14.7 Å². The second-order valence-electron chi connectivity index (χ2n) is 5.57. The van der Waals surface area contributed by atoms with Gasteiger partial charge in [0, 0.05) is 0 Å². The summed E-state index contributed by atoms with van der Waals surface area (Å²) in [6, 6.07) is 2.99. The molecule has 1 atom stereocenters. The number of thiophene rings is 1. The van der Waals surface area contributed by atoms with Crippen LogP contribution in [0.5, 0.6) is 0 Å². The number of carbonyl (C=O) groups excluding carboxylic acids is 1. The van der Waals surface area contributed by atoms with Crippen molar-refractivity contribution in [1.29, 1.82) is 0 Å². The van der Waals surface area contributed by atoms with Crippen molar-refractivity contribution >= 4 is 29.1 Å². The van der Waals surface area contributed by atoms with Gasteiger partial charge in [-0.15, -0.1) is 11.3 Å². The Morgan fingerprint density at radius 2 is 2.14 bits per heavy atom. The molecule has 1 heterocycles. The fourth-order valence-corrected chi connectivity index (χ4v) is 2.06. The van der Waals surface area contributed by atoms with Gasteiger partial charge in [0.2, 0.25) is 5.71 Å². The minimum atomic E-state index is -1.17. The summed E-state index contributed by atoms with van der Waals surface area (Å²) in [5, 5.41) is 17.0. The van der Waals surface area contributed by atoms with Gasteiger partial charge in [-0.05, 0) is 39.1 Å². The fourth-order valence-electron chi connectivity index (χ4n) is 1.37. The number of nitrogens with one attached hydrogen (secondary N) is 1. The molecule has 7 nitrogen and oxygen atoms in total. The topological polar surface area (TPSA) is 97.2 Å². The molecule has 1 aromatic rings. The Hall–Kier alpha value is -2.09. The second kappa shape index (κ2) is 7.79. The van der Waals surface area contributed by atoms with Crippen molar-refractivity contribution in [3.8, 4) is 0 Å². The van der Waals surface area contributed by atoms with Gasteiger partial charge >= 0.3 is 12.1 Å². The van der Waals surface area contributed by atoms with Crippen LogP contribution >= 0.6 is 11.3 Å². The van der Waals surface area contributed by atoms with E-state index in [-0.39, 0.29) is 18.4 Å². The molecule has 0 aliphatic rings. The van der Waals surface area contributed by atoms with Crippen molar-refractivity contribution in [2.24, 2.45) is 5.16 Å². The van der Waals surface area contributed by atoms with Crippen LogP contribution in [0.25, 0.3) is 0 Å². The first-order chi connectivity index (χ1) is 10.2. The highest BCUT2D eigenvalue weighted by atomic mass is 32.1. The third kappa shape index (κ3) is 6.57. The van der Waals surface area contributed by atoms with Crippen LogP contribution in [0.15, 0.2) is 22.7 Å². The molecule has 0 spiro atoms. The molecule has 0 bridgehead atoms. The first-order valence-electron chi connectivity index (χ1n) is 6.65. The normalized spacial score (nSPS) is 13.4. The maximum absolute atomic E-state index is 11.5. The van der Waals surface area contributed by atoms with Crippen LogP contribution in [0.1, 0.15) is 32.6 Å². The summed E-state index contributed by atoms with van der Waals surface area (Å²) in [5.74, 6) is -1.17. The van der Waals surface area contributed by atoms with Crippen LogP contribution in [-0.4, -0.2) is 41.1 Å². The van der Waals surface area contributed by atoms with Crippen LogP contribution in [0.2, 0.25) is 0 Å². The lowest BCUT2D eigenvalue weighted by atomic mass is 10.2. The van der Waals surface area contributed by atoms with E-state index >= 15 is 0 Å². The van der Waals surface area contributed by atoms with Crippen LogP contribution in [-0.2, 0) is 14.4 Å². The van der Waals surface area contributed by atoms with Crippen molar-refractivity contribution in [1.82, 2.24) is 5.32 Å². The van der Waals surface area contributed by atoms with Gasteiger partial charge in [-0.3, -0.25) is 0 Å². The van der Waals surface area contributed by atoms with E-state index in [0.29, 0.717) is 4.88 Å². The number of hydrogen-bond acceptors (Lipinski definition) is 6. The summed E-state index contributed by atoms with van der Waals surface area (Å²) >= 11 is 1.25. The molecule has 122 valence electrons. The summed E-state index contributed by atoms with van der Waals surface area (Å²) in [5.41, 5.74) is -0.752. The fraction of sp³-hybridized carbons (Fsp3) is 0.500. The predicted octanol–water partition coefficient (Wildman–Crippen LogP) is 2.47. The number of carboxylic acids is 1. The number of amides is 1. The Balaban J connectivity index is 2.49. The van der Waals surface area contributed by atoms with E-state index in [1.54, 1.807) is 45.2 Å². The molecular weight excluding hydrogens is 308 g/mol. The lowest BCUT2D eigenvalue weighted by Crippen LogP contribution is -2.39. The number of ether oxygens (including phenoxy) is 1. The van der Waals surface area contributed by atoms with Gasteiger partial charge in [0.05, 0.1) is 10.9 Å². The molecule has 0 saturated heterocycles. The highest BCUT2D eigenvalue weighted by Gasteiger charge is 2.18. The second-order valence-corrected chi connectivity index (χ2v) is 6.51. The Bertz CT molecular complexity index is 534. The van der Waals surface area contributed by atoms with E-state index < -0.39 is 17.7 Å². The van der Waals surface area contributed by atoms with E-state index in [0.717, 1.165) is 0 Å². The van der Waals surface area contributed by atoms with Crippen LogP contribution in [0.3, 0.4) is 0 Å². The van der Waals surface area contributed by atoms with E-state index in [1.807, 2.05) is 0 Å². The van der Waals surface area contributed by atoms with Crippen LogP contribution in [0.4, 0.5) is 4.79 Å². The molecule has 0 aromatic carbocycles. The largest absolute Gasteiger partial charge is 0.476 e. The molecule has 0 fully saturated rings. The molecule has 2 N–H and O–H groups in total. The van der Waals surface area contributed by atoms with Crippen molar-refractivity contribution in [3.63, 3.8) is 0 Å². The maximum Gasteiger partial charge on any atom is 0.407 e. The van der Waals surface area contributed by atoms with Gasteiger partial charge in [-0.2, -0.15) is 0 Å². The van der Waals surface area contributed by atoms with Crippen molar-refractivity contribution in [2.75, 3.05) is 6.61 Å². The Morgan fingerprint density at radius 1 is 1.45 bits per heavy atom. The highest BCUT2D eigenvalue weighted by molar-refractivity contribution is 7.13. The number of carbonyl (C=O) groups is 2. The standard InChI is InChI=1S/C14H20N2O5S/c1-9(15-13(19)21-14(2,3)4)8-20-16-11(12(17)18)10-6-5-7-22-10/h5-7,9H,8H2,1-4H3,(H,15,19)(H,17,18)/b16-11-. The third-order valence-electron chi connectivity index (χ3n) is 2.20. The van der Waals surface area contributed by atoms with Crippen LogP contribution < -0.4 is 5.32 Å². The van der Waals surface area contributed by atoms with Gasteiger partial charge in [0.15, 0.2) is 0 Å². The molecule has 0 aliphatic carbocycles. The third-order valence-corrected chi connectivity index (χ3v) is 3.08. The minimum Gasteiger partial charge on any atom is -0.476 e. The molecule has 1 rings (SSSR count). The Labute approximate surface area is 132 Å². The zero-order valence-corrected chi connectivity index (χ0v) is 13.8. The number of aliphatic carboxylic acids is 1. The molecule has 22 heavy (non-hydrogen) atoms. The Kier molecular flexibility index (Phi) is 6.36. The summed E-state index contributed by atoms with van der Waals surface area (Å²) in [6.07, 6.45) is -0.565. The molecule has 1 unspecified atom stereocenters. The molecule has 0 saturated carbocycles. The molecule has 1 aromatic heterocycles. The van der Waals surface area contributed by atoms with Crippen molar-refractivity contribution in [3.05, 3.63) is 22.4 Å². The number of alkyl carbamates (subject to hydrolysis) is 1. The monoisotopic (exact) mass is 328 g/mol. The number of carboxylic acid groups (broad SMARTS) is 1. The SMILES string of the molecule is CC(CO/N=C(\C(=O)O)c1cccs1)NC(=O)OC(C)(C)C. The molecule has 8 heteroatoms. The highest BCUT2D eigenvalue weighted by Crippen LogP contribution is 2.11. The van der Waals surface area contributed by atoms with Gasteiger partial charge < -0.3 is 20.0 Å². The summed E-state index contributed by atoms with van der Waals surface area (Å²) in [6.45, 7) is 7.01. The molecule has 1 amide bonds. The quantitative estimate of drug-likeness (QED) is 0.617. The van der Waals surface area contributed by atoms with E-state index in [2.05, 4.69) is 10.5 Å². The first kappa shape index (κ1) is 18.0. The maximum atomic E-state index is 11.5. The lowest BCUT2D eigenvalue weighted by molar-refractivity contribution is -0.129. The van der Waals surface area contributed by atoms with E-state index in [1.165, 1.54) is 11.3 Å². The number of oxime groups is 1. The average molecular weight is 328 g/mol. The van der Waals surface area contributed by atoms with Gasteiger partial charge in [0.1, 0.15) is 12.2 Å². The minimum absolute atomic E-state index is 0.0292. The average Bonchev–Trinajstić information content (AvgIpc) is 2.84. The Morgan fingerprint density at radius 3 is 2.64 bits per heavy atom. The molecular formula is C14H20N2O5S. The molecule has 0 aliphatic heterocycles. The lowest BCUT2D eigenvalue weighted by Gasteiger charge is -2.21. The van der Waals surface area contributed by atoms with Crippen molar-refractivity contribution in [2.45, 2.75) is 39.3 Å². The van der Waals surface area contributed by atoms with Gasteiger partial charge in [-0.25, -0.2) is 9.59 Å². The number of rotatable bonds is 6. The van der Waals surface area contributed by atoms with E-state index in [9.17, 15) is 9.59 Å². The van der Waals surface area contributed by atoms with Gasteiger partial charge in [0.25, 0.3) is 0 Å². The number of hydrogen-bond donors (Lipinski definition) is 2. The summed E-state index contributed by atoms with van der Waals surface area (Å²) in [7, 11) is 0. The zero-order valence-electron chi connectivity index (χ0n) is 13.0. The predicted molar refractivity (Wildman–Crippen MR) is 83.3 cm³/mol. The summed E-state index contributed by atoms with van der Waals surface area (Å²) < 4.78 is 5.10. The van der Waals surface area contributed by atoms with Gasteiger partial charge in [-0.1, -0.05) is 11.2 Å².